The molecule has 2 saturated heterocycles. The van der Waals surface area contributed by atoms with Gasteiger partial charge in [0.25, 0.3) is 0 Å². The molecule has 0 radical (unpaired) electrons. The Morgan fingerprint density at radius 3 is 2.51 bits per heavy atom. The average molecular weight is 652 g/mol. The summed E-state index contributed by atoms with van der Waals surface area (Å²) in [6.07, 6.45) is 0.445. The molecule has 5 fully saturated rings. The Labute approximate surface area is 276 Å². The number of rotatable bonds is 10. The van der Waals surface area contributed by atoms with Crippen LogP contribution in [-0.2, 0) is 20.9 Å². The minimum atomic E-state index is -1.02. The highest BCUT2D eigenvalue weighted by Gasteiger charge is 2.57. The predicted molar refractivity (Wildman–Crippen MR) is 176 cm³/mol. The van der Waals surface area contributed by atoms with Crippen molar-refractivity contribution in [2.75, 3.05) is 44.9 Å². The van der Waals surface area contributed by atoms with Gasteiger partial charge < -0.3 is 35.0 Å². The smallest absolute Gasteiger partial charge is 0.335 e. The number of carboxylic acids is 1. The van der Waals surface area contributed by atoms with Crippen LogP contribution in [0.2, 0.25) is 0 Å². The third kappa shape index (κ3) is 6.24. The second kappa shape index (κ2) is 13.4. The van der Waals surface area contributed by atoms with Gasteiger partial charge in [0.2, 0.25) is 5.91 Å². The number of carboxylic acid groups (broad SMARTS) is 1. The Bertz CT molecular complexity index is 1470. The molecule has 2 unspecified atom stereocenters. The Balaban J connectivity index is 1.30. The fourth-order valence-electron chi connectivity index (χ4n) is 8.72. The number of benzene rings is 2. The minimum absolute atomic E-state index is 0.0315. The van der Waals surface area contributed by atoms with E-state index in [0.29, 0.717) is 66.5 Å². The van der Waals surface area contributed by atoms with Crippen LogP contribution in [0.4, 0.5) is 5.69 Å². The van der Waals surface area contributed by atoms with Crippen LogP contribution in [0, 0.1) is 29.1 Å². The fraction of sp³-hybridized carbons (Fsp3) is 0.611. The number of methoxy groups -OCH3 is 1. The van der Waals surface area contributed by atoms with Gasteiger partial charge in [-0.3, -0.25) is 9.63 Å². The maximum atomic E-state index is 14.1. The van der Waals surface area contributed by atoms with Gasteiger partial charge in [-0.1, -0.05) is 39.0 Å². The molecule has 2 bridgehead atoms. The van der Waals surface area contributed by atoms with E-state index in [1.54, 1.807) is 31.2 Å². The summed E-state index contributed by atoms with van der Waals surface area (Å²) in [7, 11) is 1.56. The van der Waals surface area contributed by atoms with Gasteiger partial charge in [0.05, 0.1) is 45.1 Å². The van der Waals surface area contributed by atoms with E-state index in [2.05, 4.69) is 31.0 Å². The molecule has 7 rings (SSSR count). The monoisotopic (exact) mass is 651 g/mol. The zero-order chi connectivity index (χ0) is 33.6. The topological polar surface area (TPSA) is 141 Å². The highest BCUT2D eigenvalue weighted by molar-refractivity contribution is 5.92. The largest absolute Gasteiger partial charge is 0.496 e. The van der Waals surface area contributed by atoms with Gasteiger partial charge in [-0.25, -0.2) is 4.79 Å². The average Bonchev–Trinajstić information content (AvgIpc) is 3.44. The quantitative estimate of drug-likeness (QED) is 0.302. The Kier molecular flexibility index (Phi) is 9.57. The van der Waals surface area contributed by atoms with Crippen LogP contribution in [0.5, 0.6) is 5.75 Å². The van der Waals surface area contributed by atoms with Crippen LogP contribution in [-0.4, -0.2) is 96.6 Å². The third-order valence-corrected chi connectivity index (χ3v) is 11.5. The van der Waals surface area contributed by atoms with Crippen LogP contribution < -0.4 is 15.0 Å². The van der Waals surface area contributed by atoms with Crippen LogP contribution in [0.15, 0.2) is 36.4 Å². The summed E-state index contributed by atoms with van der Waals surface area (Å²) in [6, 6.07) is 10.1. The number of nitrogens with one attached hydrogen (secondary N) is 1. The van der Waals surface area contributed by atoms with Crippen molar-refractivity contribution in [2.45, 2.75) is 71.4 Å². The molecule has 2 aliphatic heterocycles. The number of hydroxylamine groups is 2. The summed E-state index contributed by atoms with van der Waals surface area (Å²) in [4.78, 5) is 34.6. The summed E-state index contributed by atoms with van der Waals surface area (Å²) >= 11 is 0. The van der Waals surface area contributed by atoms with Gasteiger partial charge >= 0.3 is 5.97 Å². The Morgan fingerprint density at radius 1 is 1.15 bits per heavy atom. The van der Waals surface area contributed by atoms with Crippen molar-refractivity contribution in [3.8, 4) is 16.9 Å². The second-order valence-electron chi connectivity index (χ2n) is 14.4. The lowest BCUT2D eigenvalue weighted by atomic mass is 9.45. The number of ether oxygens (including phenoxy) is 2. The number of hydrogen-bond donors (Lipinski definition) is 4. The van der Waals surface area contributed by atoms with Gasteiger partial charge in [-0.05, 0) is 66.7 Å². The first-order valence-electron chi connectivity index (χ1n) is 16.8. The van der Waals surface area contributed by atoms with Gasteiger partial charge in [0.15, 0.2) is 0 Å². The van der Waals surface area contributed by atoms with Crippen molar-refractivity contribution in [2.24, 2.45) is 29.1 Å². The molecule has 8 atom stereocenters. The zero-order valence-electron chi connectivity index (χ0n) is 28.0. The molecule has 5 aliphatic rings. The first-order chi connectivity index (χ1) is 22.4. The van der Waals surface area contributed by atoms with E-state index >= 15 is 0 Å². The first-order valence-corrected chi connectivity index (χ1v) is 16.8. The highest BCUT2D eigenvalue weighted by Crippen LogP contribution is 2.61. The molecule has 3 aliphatic carbocycles. The molecule has 3 saturated carbocycles. The van der Waals surface area contributed by atoms with Gasteiger partial charge in [0, 0.05) is 41.9 Å². The van der Waals surface area contributed by atoms with Crippen LogP contribution in [0.1, 0.15) is 56.5 Å². The number of amides is 1. The minimum Gasteiger partial charge on any atom is -0.496 e. The number of hydrogen-bond acceptors (Lipinski definition) is 9. The fourth-order valence-corrected chi connectivity index (χ4v) is 8.72. The molecule has 47 heavy (non-hydrogen) atoms. The number of anilines is 1. The molecule has 0 aromatic heterocycles. The molecule has 2 aromatic carbocycles. The van der Waals surface area contributed by atoms with E-state index in [1.165, 1.54) is 6.42 Å². The summed E-state index contributed by atoms with van der Waals surface area (Å²) in [5.74, 6) is 0.0746. The Hall–Kier alpha value is -3.22. The van der Waals surface area contributed by atoms with E-state index in [9.17, 15) is 24.9 Å². The molecule has 4 N–H and O–H groups in total. The number of fused-ring (bicyclic) bond motifs is 2. The van der Waals surface area contributed by atoms with E-state index in [-0.39, 0.29) is 36.1 Å². The molecule has 11 heteroatoms. The van der Waals surface area contributed by atoms with Crippen molar-refractivity contribution >= 4 is 17.6 Å². The number of carbonyl (C=O) groups excluding carboxylic acids is 1. The number of aromatic carboxylic acids is 1. The number of para-hydroxylation sites is 1. The SMILES string of the molecule is COc1c(CN2OC(CO)[C@@H]([C@H](C)O)[C@H]2C(=O)N[C@H]2C[C@H]3C[C@@H](C2C)C3(C)C)cccc1-c1cc(C(=O)O)cc(N2CCOCC2)c1. The summed E-state index contributed by atoms with van der Waals surface area (Å²) < 4.78 is 11.5. The standard InChI is InChI=1S/C36H49N3O8/c1-20-28-16-25(36(28,3)4)17-29(20)37-34(42)32-31(21(2)41)30(19-40)47-39(32)18-22-7-6-8-27(33(22)45-5)23-13-24(35(43)44)15-26(14-23)38-9-11-46-12-10-38/h6-8,13-15,20-21,25,28-32,40-41H,9-12,16-19H2,1-5H3,(H,37,42)(H,43,44)/t20?,21-,25+,28-,29-,30?,31+,32-/m0/s1. The number of nitrogens with zero attached hydrogens (tertiary/aromatic N) is 2. The van der Waals surface area contributed by atoms with Gasteiger partial charge in [-0.15, -0.1) is 0 Å². The summed E-state index contributed by atoms with van der Waals surface area (Å²) in [5.41, 5.74) is 3.34. The number of aliphatic hydroxyl groups is 2. The molecular weight excluding hydrogens is 602 g/mol. The van der Waals surface area contributed by atoms with Crippen molar-refractivity contribution in [1.82, 2.24) is 10.4 Å². The van der Waals surface area contributed by atoms with Crippen molar-refractivity contribution in [3.05, 3.63) is 47.5 Å². The Morgan fingerprint density at radius 2 is 1.89 bits per heavy atom. The molecule has 11 nitrogen and oxygen atoms in total. The molecule has 256 valence electrons. The van der Waals surface area contributed by atoms with Crippen molar-refractivity contribution in [3.63, 3.8) is 0 Å². The van der Waals surface area contributed by atoms with E-state index < -0.39 is 30.1 Å². The van der Waals surface area contributed by atoms with E-state index in [4.69, 9.17) is 14.3 Å². The summed E-state index contributed by atoms with van der Waals surface area (Å²) in [5, 5.41) is 35.9. The third-order valence-electron chi connectivity index (χ3n) is 11.5. The number of aliphatic hydroxyl groups excluding tert-OH is 2. The van der Waals surface area contributed by atoms with Gasteiger partial charge in [0.1, 0.15) is 17.9 Å². The second-order valence-corrected chi connectivity index (χ2v) is 14.4. The zero-order valence-corrected chi connectivity index (χ0v) is 28.0. The molecule has 0 spiro atoms. The van der Waals surface area contributed by atoms with E-state index in [1.807, 2.05) is 24.3 Å². The number of morpholine rings is 1. The van der Waals surface area contributed by atoms with Crippen molar-refractivity contribution < 1.29 is 39.2 Å². The highest BCUT2D eigenvalue weighted by atomic mass is 16.7. The maximum absolute atomic E-state index is 14.1. The predicted octanol–water partition coefficient (Wildman–Crippen LogP) is 3.56. The normalized spacial score (nSPS) is 30.8. The summed E-state index contributed by atoms with van der Waals surface area (Å²) in [6.45, 7) is 10.7. The molecule has 1 amide bonds. The lowest BCUT2D eigenvalue weighted by Crippen LogP contribution is -2.62. The van der Waals surface area contributed by atoms with Crippen LogP contribution >= 0.6 is 0 Å². The molecular formula is C36H49N3O8. The maximum Gasteiger partial charge on any atom is 0.335 e. The first kappa shape index (κ1) is 33.7. The van der Waals surface area contributed by atoms with Crippen LogP contribution in [0.25, 0.3) is 11.1 Å². The lowest BCUT2D eigenvalue weighted by molar-refractivity contribution is -0.183. The molecule has 2 heterocycles. The number of carbonyl (C=O) groups is 2. The van der Waals surface area contributed by atoms with Gasteiger partial charge in [-0.2, -0.15) is 5.06 Å². The molecule has 2 aromatic rings. The van der Waals surface area contributed by atoms with Crippen molar-refractivity contribution in [1.29, 1.82) is 0 Å². The lowest BCUT2D eigenvalue weighted by Gasteiger charge is -2.62. The van der Waals surface area contributed by atoms with E-state index in [0.717, 1.165) is 12.1 Å². The van der Waals surface area contributed by atoms with Crippen LogP contribution in [0.3, 0.4) is 0 Å².